The maximum atomic E-state index is 2.80. The number of nitrogens with zero attached hydrogens (tertiary/aromatic N) is 4. The third kappa shape index (κ3) is 3.98. The van der Waals surface area contributed by atoms with Gasteiger partial charge in [-0.25, -0.2) is 0 Å². The highest BCUT2D eigenvalue weighted by atomic mass is 15.3. The molecule has 0 aromatic heterocycles. The lowest BCUT2D eigenvalue weighted by Crippen LogP contribution is -2.46. The molecule has 0 N–H and O–H groups in total. The Bertz CT molecular complexity index is 333. The summed E-state index contributed by atoms with van der Waals surface area (Å²) in [4.78, 5) is 10.4. The van der Waals surface area contributed by atoms with Crippen LogP contribution >= 0.6 is 0 Å². The first-order valence-corrected chi connectivity index (χ1v) is 8.93. The lowest BCUT2D eigenvalue weighted by atomic mass is 9.96. The van der Waals surface area contributed by atoms with Gasteiger partial charge in [-0.2, -0.15) is 0 Å². The van der Waals surface area contributed by atoms with Crippen molar-refractivity contribution >= 4 is 0 Å². The van der Waals surface area contributed by atoms with Gasteiger partial charge in [-0.05, 0) is 72.4 Å². The van der Waals surface area contributed by atoms with E-state index < -0.39 is 0 Å². The number of likely N-dealkylation sites (tertiary alicyclic amines) is 3. The van der Waals surface area contributed by atoms with Crippen molar-refractivity contribution in [2.24, 2.45) is 5.92 Å². The Morgan fingerprint density at radius 3 is 2.48 bits per heavy atom. The highest BCUT2D eigenvalue weighted by molar-refractivity contribution is 4.88. The summed E-state index contributed by atoms with van der Waals surface area (Å²) in [5.74, 6) is 0.908. The lowest BCUT2D eigenvalue weighted by molar-refractivity contribution is 0.105. The normalized spacial score (nSPS) is 36.9. The maximum Gasteiger partial charge on any atom is 0.0235 e. The second-order valence-electron chi connectivity index (χ2n) is 7.87. The zero-order chi connectivity index (χ0) is 14.8. The van der Waals surface area contributed by atoms with Crippen molar-refractivity contribution in [3.8, 4) is 0 Å². The van der Waals surface area contributed by atoms with E-state index in [0.717, 1.165) is 18.0 Å². The van der Waals surface area contributed by atoms with Gasteiger partial charge in [-0.1, -0.05) is 0 Å². The van der Waals surface area contributed by atoms with E-state index in [1.807, 2.05) is 0 Å². The molecule has 3 fully saturated rings. The molecule has 0 aliphatic carbocycles. The van der Waals surface area contributed by atoms with Gasteiger partial charge in [0, 0.05) is 38.3 Å². The van der Waals surface area contributed by atoms with Crippen LogP contribution in [0.1, 0.15) is 25.7 Å². The molecule has 0 aromatic rings. The monoisotopic (exact) mass is 294 g/mol. The highest BCUT2D eigenvalue weighted by Crippen LogP contribution is 2.25. The van der Waals surface area contributed by atoms with Gasteiger partial charge in [0.2, 0.25) is 0 Å². The van der Waals surface area contributed by atoms with E-state index in [-0.39, 0.29) is 0 Å². The van der Waals surface area contributed by atoms with Crippen molar-refractivity contribution in [1.82, 2.24) is 19.6 Å². The van der Waals surface area contributed by atoms with Crippen LogP contribution in [0.15, 0.2) is 0 Å². The van der Waals surface area contributed by atoms with Gasteiger partial charge >= 0.3 is 0 Å². The van der Waals surface area contributed by atoms with E-state index in [9.17, 15) is 0 Å². The fourth-order valence-corrected chi connectivity index (χ4v) is 4.55. The van der Waals surface area contributed by atoms with Crippen LogP contribution in [0.3, 0.4) is 0 Å². The van der Waals surface area contributed by atoms with E-state index >= 15 is 0 Å². The molecule has 0 aromatic carbocycles. The quantitative estimate of drug-likeness (QED) is 0.768. The number of hydrogen-bond donors (Lipinski definition) is 0. The van der Waals surface area contributed by atoms with E-state index in [0.29, 0.717) is 0 Å². The van der Waals surface area contributed by atoms with Crippen molar-refractivity contribution in [2.75, 3.05) is 67.0 Å². The SMILES string of the molecule is CN1CCC(N2CCCC(CN3CCC(N(C)C)C3)C2)C1. The van der Waals surface area contributed by atoms with Crippen molar-refractivity contribution in [3.63, 3.8) is 0 Å². The summed E-state index contributed by atoms with van der Waals surface area (Å²) in [5, 5.41) is 0. The first kappa shape index (κ1) is 15.7. The second-order valence-corrected chi connectivity index (χ2v) is 7.87. The molecule has 3 aliphatic heterocycles. The smallest absolute Gasteiger partial charge is 0.0235 e. The highest BCUT2D eigenvalue weighted by Gasteiger charge is 2.32. The Labute approximate surface area is 131 Å². The van der Waals surface area contributed by atoms with Crippen LogP contribution in [0.5, 0.6) is 0 Å². The van der Waals surface area contributed by atoms with Gasteiger partial charge in [-0.3, -0.25) is 4.90 Å². The molecule has 3 heterocycles. The number of hydrogen-bond acceptors (Lipinski definition) is 4. The molecule has 3 aliphatic rings. The van der Waals surface area contributed by atoms with Crippen LogP contribution in [-0.4, -0.2) is 98.6 Å². The molecule has 3 atom stereocenters. The molecule has 4 heteroatoms. The minimum Gasteiger partial charge on any atom is -0.305 e. The minimum atomic E-state index is 0.785. The van der Waals surface area contributed by atoms with E-state index in [4.69, 9.17) is 0 Å². The van der Waals surface area contributed by atoms with Crippen molar-refractivity contribution < 1.29 is 0 Å². The lowest BCUT2D eigenvalue weighted by Gasteiger charge is -2.38. The molecule has 0 radical (unpaired) electrons. The summed E-state index contributed by atoms with van der Waals surface area (Å²) in [7, 11) is 6.73. The first-order valence-electron chi connectivity index (χ1n) is 8.93. The molecule has 3 rings (SSSR count). The van der Waals surface area contributed by atoms with Crippen LogP contribution in [-0.2, 0) is 0 Å². The molecule has 3 unspecified atom stereocenters. The zero-order valence-corrected chi connectivity index (χ0v) is 14.3. The molecule has 3 saturated heterocycles. The summed E-state index contributed by atoms with van der Waals surface area (Å²) >= 11 is 0. The number of rotatable bonds is 4. The second kappa shape index (κ2) is 6.95. The largest absolute Gasteiger partial charge is 0.305 e. The van der Waals surface area contributed by atoms with Crippen LogP contribution in [0, 0.1) is 5.92 Å². The average Bonchev–Trinajstić information content (AvgIpc) is 3.08. The predicted molar refractivity (Wildman–Crippen MR) is 88.7 cm³/mol. The molecular formula is C17H34N4. The van der Waals surface area contributed by atoms with Gasteiger partial charge in [0.1, 0.15) is 0 Å². The molecule has 0 saturated carbocycles. The fraction of sp³-hybridized carbons (Fsp3) is 1.00. The summed E-state index contributed by atoms with van der Waals surface area (Å²) in [6, 6.07) is 1.62. The molecule has 0 amide bonds. The third-order valence-corrected chi connectivity index (χ3v) is 5.93. The standard InChI is InChI=1S/C17H34N4/c1-18(2)16-7-10-20(14-16)11-15-5-4-8-21(12-15)17-6-9-19(3)13-17/h15-17H,4-14H2,1-3H3. The van der Waals surface area contributed by atoms with Gasteiger partial charge in [0.25, 0.3) is 0 Å². The summed E-state index contributed by atoms with van der Waals surface area (Å²) in [5.41, 5.74) is 0. The van der Waals surface area contributed by atoms with Crippen molar-refractivity contribution in [1.29, 1.82) is 0 Å². The van der Waals surface area contributed by atoms with Gasteiger partial charge in [0.15, 0.2) is 0 Å². The molecule has 0 bridgehead atoms. The topological polar surface area (TPSA) is 13.0 Å². The molecule has 0 spiro atoms. The Hall–Kier alpha value is -0.160. The Morgan fingerprint density at radius 1 is 0.952 bits per heavy atom. The van der Waals surface area contributed by atoms with E-state index in [1.54, 1.807) is 0 Å². The summed E-state index contributed by atoms with van der Waals surface area (Å²) in [6.45, 7) is 9.21. The van der Waals surface area contributed by atoms with Crippen LogP contribution < -0.4 is 0 Å². The van der Waals surface area contributed by atoms with Gasteiger partial charge in [0.05, 0.1) is 0 Å². The summed E-state index contributed by atoms with van der Waals surface area (Å²) in [6.07, 6.45) is 5.60. The van der Waals surface area contributed by atoms with Crippen molar-refractivity contribution in [2.45, 2.75) is 37.8 Å². The number of likely N-dealkylation sites (N-methyl/N-ethyl adjacent to an activating group) is 2. The zero-order valence-electron chi connectivity index (χ0n) is 14.3. The van der Waals surface area contributed by atoms with Crippen LogP contribution in [0.2, 0.25) is 0 Å². The summed E-state index contributed by atoms with van der Waals surface area (Å²) < 4.78 is 0. The first-order chi connectivity index (χ1) is 10.1. The predicted octanol–water partition coefficient (Wildman–Crippen LogP) is 1.04. The third-order valence-electron chi connectivity index (χ3n) is 5.93. The van der Waals surface area contributed by atoms with Gasteiger partial charge in [-0.15, -0.1) is 0 Å². The molecular weight excluding hydrogens is 260 g/mol. The van der Waals surface area contributed by atoms with E-state index in [2.05, 4.69) is 40.7 Å². The number of piperidine rings is 1. The van der Waals surface area contributed by atoms with Crippen LogP contribution in [0.25, 0.3) is 0 Å². The van der Waals surface area contributed by atoms with E-state index in [1.165, 1.54) is 71.5 Å². The minimum absolute atomic E-state index is 0.785. The van der Waals surface area contributed by atoms with Gasteiger partial charge < -0.3 is 14.7 Å². The Kier molecular flexibility index (Phi) is 5.20. The average molecular weight is 294 g/mol. The molecule has 21 heavy (non-hydrogen) atoms. The van der Waals surface area contributed by atoms with Crippen LogP contribution in [0.4, 0.5) is 0 Å². The Balaban J connectivity index is 1.46. The van der Waals surface area contributed by atoms with Crippen molar-refractivity contribution in [3.05, 3.63) is 0 Å². The Morgan fingerprint density at radius 2 is 1.81 bits per heavy atom. The molecule has 4 nitrogen and oxygen atoms in total. The molecule has 122 valence electrons. The fourth-order valence-electron chi connectivity index (χ4n) is 4.55. The maximum absolute atomic E-state index is 2.80.